The summed E-state index contributed by atoms with van der Waals surface area (Å²) in [6, 6.07) is 19.7. The third-order valence-electron chi connectivity index (χ3n) is 4.61. The van der Waals surface area contributed by atoms with Crippen LogP contribution >= 0.6 is 23.5 Å². The van der Waals surface area contributed by atoms with Crippen LogP contribution in [0.4, 0.5) is 0 Å². The first kappa shape index (κ1) is 25.1. The summed E-state index contributed by atoms with van der Waals surface area (Å²) in [7, 11) is 1.27. The molecule has 174 valence electrons. The summed E-state index contributed by atoms with van der Waals surface area (Å²) in [4.78, 5) is 43.9. The highest BCUT2D eigenvalue weighted by molar-refractivity contribution is 7.99. The van der Waals surface area contributed by atoms with Gasteiger partial charge in [0.05, 0.1) is 18.6 Å². The summed E-state index contributed by atoms with van der Waals surface area (Å²) >= 11 is 2.51. The molecule has 10 heteroatoms. The SMILES string of the molecule is COC(=O)C(CSCc1ccccc1)NC(=O)CSc1nc(-c2ccccc2)c(C#N)c(=O)[nH]1. The first-order valence-electron chi connectivity index (χ1n) is 10.2. The smallest absolute Gasteiger partial charge is 0.329 e. The molecule has 0 radical (unpaired) electrons. The van der Waals surface area contributed by atoms with E-state index in [9.17, 15) is 19.6 Å². The van der Waals surface area contributed by atoms with Crippen molar-refractivity contribution in [2.24, 2.45) is 0 Å². The second kappa shape index (κ2) is 12.6. The number of nitrogens with one attached hydrogen (secondary N) is 2. The number of benzene rings is 2. The van der Waals surface area contributed by atoms with Gasteiger partial charge in [-0.05, 0) is 5.56 Å². The summed E-state index contributed by atoms with van der Waals surface area (Å²) in [5.41, 5.74) is 1.31. The number of nitrogens with zero attached hydrogens (tertiary/aromatic N) is 2. The zero-order valence-corrected chi connectivity index (χ0v) is 19.9. The molecule has 1 aromatic heterocycles. The largest absolute Gasteiger partial charge is 0.467 e. The molecule has 34 heavy (non-hydrogen) atoms. The summed E-state index contributed by atoms with van der Waals surface area (Å²) in [5.74, 6) is 0.0174. The molecule has 0 saturated carbocycles. The lowest BCUT2D eigenvalue weighted by Crippen LogP contribution is -2.44. The van der Waals surface area contributed by atoms with E-state index in [2.05, 4.69) is 15.3 Å². The van der Waals surface area contributed by atoms with E-state index in [-0.39, 0.29) is 22.2 Å². The van der Waals surface area contributed by atoms with Gasteiger partial charge in [0.1, 0.15) is 17.7 Å². The number of methoxy groups -OCH3 is 1. The number of aromatic nitrogens is 2. The minimum atomic E-state index is -0.806. The van der Waals surface area contributed by atoms with Crippen molar-refractivity contribution < 1.29 is 14.3 Å². The van der Waals surface area contributed by atoms with Gasteiger partial charge in [-0.3, -0.25) is 9.59 Å². The fraction of sp³-hybridized carbons (Fsp3) is 0.208. The van der Waals surface area contributed by atoms with Gasteiger partial charge < -0.3 is 15.0 Å². The highest BCUT2D eigenvalue weighted by Gasteiger charge is 2.22. The third kappa shape index (κ3) is 6.97. The zero-order valence-electron chi connectivity index (χ0n) is 18.3. The van der Waals surface area contributed by atoms with Gasteiger partial charge >= 0.3 is 5.97 Å². The van der Waals surface area contributed by atoms with Crippen molar-refractivity contribution in [2.45, 2.75) is 17.0 Å². The lowest BCUT2D eigenvalue weighted by Gasteiger charge is -2.16. The number of nitriles is 1. The summed E-state index contributed by atoms with van der Waals surface area (Å²) in [5, 5.41) is 12.2. The minimum absolute atomic E-state index is 0.0834. The number of carbonyl (C=O) groups excluding carboxylic acids is 2. The van der Waals surface area contributed by atoms with Crippen LogP contribution in [0.15, 0.2) is 70.6 Å². The predicted molar refractivity (Wildman–Crippen MR) is 132 cm³/mol. The number of H-pyrrole nitrogens is 1. The second-order valence-electron chi connectivity index (χ2n) is 7.01. The lowest BCUT2D eigenvalue weighted by atomic mass is 10.1. The molecule has 8 nitrogen and oxygen atoms in total. The molecule has 0 spiro atoms. The lowest BCUT2D eigenvalue weighted by molar-refractivity contribution is -0.144. The number of ether oxygens (including phenoxy) is 1. The van der Waals surface area contributed by atoms with E-state index in [4.69, 9.17) is 4.74 Å². The molecular weight excluding hydrogens is 472 g/mol. The van der Waals surface area contributed by atoms with Crippen molar-refractivity contribution in [2.75, 3.05) is 18.6 Å². The zero-order chi connectivity index (χ0) is 24.3. The Morgan fingerprint density at radius 3 is 2.47 bits per heavy atom. The molecule has 0 saturated heterocycles. The molecule has 0 aliphatic heterocycles. The number of aromatic amines is 1. The molecule has 1 unspecified atom stereocenters. The van der Waals surface area contributed by atoms with Gasteiger partial charge in [0, 0.05) is 17.1 Å². The Balaban J connectivity index is 1.63. The molecule has 1 amide bonds. The van der Waals surface area contributed by atoms with Crippen molar-refractivity contribution in [1.29, 1.82) is 5.26 Å². The van der Waals surface area contributed by atoms with Crippen molar-refractivity contribution in [1.82, 2.24) is 15.3 Å². The van der Waals surface area contributed by atoms with Gasteiger partial charge in [-0.1, -0.05) is 72.4 Å². The van der Waals surface area contributed by atoms with E-state index in [0.717, 1.165) is 17.3 Å². The van der Waals surface area contributed by atoms with E-state index >= 15 is 0 Å². The maximum atomic E-state index is 12.5. The maximum absolute atomic E-state index is 12.5. The van der Waals surface area contributed by atoms with Crippen molar-refractivity contribution >= 4 is 35.4 Å². The molecule has 3 aromatic rings. The monoisotopic (exact) mass is 494 g/mol. The van der Waals surface area contributed by atoms with Crippen LogP contribution in [0.1, 0.15) is 11.1 Å². The van der Waals surface area contributed by atoms with Crippen molar-refractivity contribution in [3.05, 3.63) is 82.1 Å². The molecule has 0 bridgehead atoms. The highest BCUT2D eigenvalue weighted by Crippen LogP contribution is 2.21. The van der Waals surface area contributed by atoms with Gasteiger partial charge in [0.15, 0.2) is 5.16 Å². The Morgan fingerprint density at radius 2 is 1.82 bits per heavy atom. The first-order valence-corrected chi connectivity index (χ1v) is 12.4. The second-order valence-corrected chi connectivity index (χ2v) is 9.00. The Kier molecular flexibility index (Phi) is 9.31. The van der Waals surface area contributed by atoms with Crippen LogP contribution in [0.2, 0.25) is 0 Å². The van der Waals surface area contributed by atoms with Crippen LogP contribution in [-0.4, -0.2) is 46.5 Å². The minimum Gasteiger partial charge on any atom is -0.467 e. The van der Waals surface area contributed by atoms with E-state index in [1.54, 1.807) is 24.3 Å². The van der Waals surface area contributed by atoms with Gasteiger partial charge in [-0.2, -0.15) is 17.0 Å². The van der Waals surface area contributed by atoms with Crippen LogP contribution in [-0.2, 0) is 20.1 Å². The Labute approximate surface area is 205 Å². The van der Waals surface area contributed by atoms with Gasteiger partial charge in [-0.15, -0.1) is 0 Å². The standard InChI is InChI=1S/C24H22N4O4S2/c1-32-23(31)19(14-33-13-16-8-4-2-5-9-16)26-20(29)15-34-24-27-21(17-10-6-3-7-11-17)18(12-25)22(30)28-24/h2-11,19H,13-15H2,1H3,(H,26,29)(H,27,28,30). The highest BCUT2D eigenvalue weighted by atomic mass is 32.2. The number of hydrogen-bond donors (Lipinski definition) is 2. The van der Waals surface area contributed by atoms with Gasteiger partial charge in [0.2, 0.25) is 5.91 Å². The van der Waals surface area contributed by atoms with Crippen LogP contribution in [0.5, 0.6) is 0 Å². The number of thioether (sulfide) groups is 2. The quantitative estimate of drug-likeness (QED) is 0.250. The Bertz CT molecular complexity index is 1230. The third-order valence-corrected chi connectivity index (χ3v) is 6.59. The van der Waals surface area contributed by atoms with Crippen LogP contribution in [0.25, 0.3) is 11.3 Å². The van der Waals surface area contributed by atoms with Crippen LogP contribution in [0.3, 0.4) is 0 Å². The summed E-state index contributed by atoms with van der Waals surface area (Å²) in [6.45, 7) is 0. The average Bonchev–Trinajstić information content (AvgIpc) is 2.87. The number of rotatable bonds is 10. The normalized spacial score (nSPS) is 11.3. The van der Waals surface area contributed by atoms with Crippen molar-refractivity contribution in [3.63, 3.8) is 0 Å². The molecule has 2 N–H and O–H groups in total. The van der Waals surface area contributed by atoms with Crippen molar-refractivity contribution in [3.8, 4) is 17.3 Å². The first-order chi connectivity index (χ1) is 16.5. The van der Waals surface area contributed by atoms with Gasteiger partial charge in [-0.25, -0.2) is 9.78 Å². The fourth-order valence-electron chi connectivity index (χ4n) is 2.98. The topological polar surface area (TPSA) is 125 Å². The molecule has 1 heterocycles. The predicted octanol–water partition coefficient (Wildman–Crippen LogP) is 2.99. The fourth-order valence-corrected chi connectivity index (χ4v) is 4.65. The average molecular weight is 495 g/mol. The molecule has 2 aromatic carbocycles. The molecule has 0 fully saturated rings. The Hall–Kier alpha value is -3.55. The molecule has 1 atom stereocenters. The maximum Gasteiger partial charge on any atom is 0.329 e. The van der Waals surface area contributed by atoms with Crippen LogP contribution in [0, 0.1) is 11.3 Å². The van der Waals surface area contributed by atoms with E-state index < -0.39 is 23.5 Å². The number of amides is 1. The van der Waals surface area contributed by atoms with Crippen LogP contribution < -0.4 is 10.9 Å². The molecule has 0 aliphatic rings. The number of hydrogen-bond acceptors (Lipinski definition) is 8. The van der Waals surface area contributed by atoms with Gasteiger partial charge in [0.25, 0.3) is 5.56 Å². The summed E-state index contributed by atoms with van der Waals surface area (Å²) < 4.78 is 4.82. The Morgan fingerprint density at radius 1 is 1.15 bits per heavy atom. The van der Waals surface area contributed by atoms with E-state index in [1.165, 1.54) is 18.9 Å². The molecular formula is C24H22N4O4S2. The van der Waals surface area contributed by atoms with E-state index in [0.29, 0.717) is 17.1 Å². The molecule has 3 rings (SSSR count). The summed E-state index contributed by atoms with van der Waals surface area (Å²) in [6.07, 6.45) is 0. The number of carbonyl (C=O) groups is 2. The number of esters is 1. The van der Waals surface area contributed by atoms with E-state index in [1.807, 2.05) is 42.5 Å². The molecule has 0 aliphatic carbocycles.